The number of piperazine rings is 1. The smallest absolute Gasteiger partial charge is 0.0659 e. The van der Waals surface area contributed by atoms with Crippen molar-refractivity contribution in [1.29, 1.82) is 0 Å². The van der Waals surface area contributed by atoms with Crippen LogP contribution in [0.2, 0.25) is 0 Å². The molecule has 0 aromatic carbocycles. The van der Waals surface area contributed by atoms with Gasteiger partial charge in [0, 0.05) is 45.4 Å². The fourth-order valence-corrected chi connectivity index (χ4v) is 2.38. The van der Waals surface area contributed by atoms with Crippen molar-refractivity contribution in [2.24, 2.45) is 5.73 Å². The molecule has 0 spiro atoms. The van der Waals surface area contributed by atoms with Crippen molar-refractivity contribution >= 4 is 0 Å². The molecule has 0 amide bonds. The van der Waals surface area contributed by atoms with Gasteiger partial charge in [0.15, 0.2) is 0 Å². The Morgan fingerprint density at radius 2 is 1.82 bits per heavy atom. The van der Waals surface area contributed by atoms with Crippen LogP contribution in [0.25, 0.3) is 0 Å². The second-order valence-electron chi connectivity index (χ2n) is 5.45. The maximum atomic E-state index is 5.94. The summed E-state index contributed by atoms with van der Waals surface area (Å²) < 4.78 is 5.58. The quantitative estimate of drug-likeness (QED) is 0.748. The summed E-state index contributed by atoms with van der Waals surface area (Å²) in [5, 5.41) is 0. The predicted molar refractivity (Wildman–Crippen MR) is 72.2 cm³/mol. The predicted octanol–water partition coefficient (Wildman–Crippen LogP) is 0.766. The lowest BCUT2D eigenvalue weighted by Crippen LogP contribution is -2.61. The Bertz CT molecular complexity index is 215. The second kappa shape index (κ2) is 6.69. The molecule has 102 valence electrons. The van der Waals surface area contributed by atoms with Crippen molar-refractivity contribution in [1.82, 2.24) is 9.80 Å². The number of rotatable bonds is 6. The molecule has 1 aliphatic heterocycles. The van der Waals surface area contributed by atoms with E-state index in [1.807, 2.05) is 6.92 Å². The second-order valence-corrected chi connectivity index (χ2v) is 5.45. The highest BCUT2D eigenvalue weighted by atomic mass is 16.5. The van der Waals surface area contributed by atoms with Crippen molar-refractivity contribution in [3.05, 3.63) is 0 Å². The Morgan fingerprint density at radius 1 is 1.24 bits per heavy atom. The molecule has 1 fully saturated rings. The van der Waals surface area contributed by atoms with E-state index in [0.717, 1.165) is 39.4 Å². The highest BCUT2D eigenvalue weighted by Gasteiger charge is 2.33. The summed E-state index contributed by atoms with van der Waals surface area (Å²) in [4.78, 5) is 5.01. The van der Waals surface area contributed by atoms with Crippen LogP contribution in [0.3, 0.4) is 0 Å². The van der Waals surface area contributed by atoms with E-state index in [2.05, 4.69) is 30.6 Å². The van der Waals surface area contributed by atoms with Crippen molar-refractivity contribution in [3.8, 4) is 0 Å². The fraction of sp³-hybridized carbons (Fsp3) is 1.00. The van der Waals surface area contributed by atoms with E-state index in [0.29, 0.717) is 12.6 Å². The Morgan fingerprint density at radius 3 is 2.24 bits per heavy atom. The van der Waals surface area contributed by atoms with Gasteiger partial charge in [-0.3, -0.25) is 9.80 Å². The van der Waals surface area contributed by atoms with Gasteiger partial charge in [0.05, 0.1) is 12.1 Å². The van der Waals surface area contributed by atoms with Gasteiger partial charge in [-0.25, -0.2) is 0 Å². The summed E-state index contributed by atoms with van der Waals surface area (Å²) in [5.41, 5.74) is 5.94. The zero-order chi connectivity index (χ0) is 12.9. The first-order valence-electron chi connectivity index (χ1n) is 6.80. The van der Waals surface area contributed by atoms with Gasteiger partial charge < -0.3 is 10.5 Å². The Kier molecular flexibility index (Phi) is 5.86. The summed E-state index contributed by atoms with van der Waals surface area (Å²) in [6.07, 6.45) is 0. The molecule has 1 unspecified atom stereocenters. The molecule has 0 radical (unpaired) electrons. The zero-order valence-corrected chi connectivity index (χ0v) is 11.9. The molecule has 0 aliphatic carbocycles. The van der Waals surface area contributed by atoms with Gasteiger partial charge in [-0.05, 0) is 27.7 Å². The van der Waals surface area contributed by atoms with E-state index in [4.69, 9.17) is 10.5 Å². The third kappa shape index (κ3) is 3.91. The average Bonchev–Trinajstić information content (AvgIpc) is 2.36. The molecule has 2 N–H and O–H groups in total. The minimum absolute atomic E-state index is 0.000913. The number of hydrogen-bond acceptors (Lipinski definition) is 4. The fourth-order valence-electron chi connectivity index (χ4n) is 2.38. The molecule has 0 bridgehead atoms. The van der Waals surface area contributed by atoms with Crippen molar-refractivity contribution < 1.29 is 4.74 Å². The van der Waals surface area contributed by atoms with Gasteiger partial charge in [0.25, 0.3) is 0 Å². The molecular weight excluding hydrogens is 214 g/mol. The van der Waals surface area contributed by atoms with E-state index >= 15 is 0 Å². The van der Waals surface area contributed by atoms with Gasteiger partial charge in [-0.2, -0.15) is 0 Å². The summed E-state index contributed by atoms with van der Waals surface area (Å²) in [6.45, 7) is 15.4. The minimum Gasteiger partial charge on any atom is -0.380 e. The van der Waals surface area contributed by atoms with Crippen LogP contribution >= 0.6 is 0 Å². The van der Waals surface area contributed by atoms with Crippen LogP contribution in [-0.4, -0.2) is 67.3 Å². The minimum atomic E-state index is -0.000913. The number of nitrogens with two attached hydrogens (primary N) is 1. The zero-order valence-electron chi connectivity index (χ0n) is 11.9. The first-order valence-corrected chi connectivity index (χ1v) is 6.80. The summed E-state index contributed by atoms with van der Waals surface area (Å²) in [7, 11) is 0. The molecular formula is C13H29N3O. The Balaban J connectivity index is 2.49. The topological polar surface area (TPSA) is 41.7 Å². The molecule has 1 atom stereocenters. The van der Waals surface area contributed by atoms with Crippen LogP contribution in [0, 0.1) is 0 Å². The third-order valence-electron chi connectivity index (χ3n) is 3.86. The molecule has 0 aromatic rings. The summed E-state index contributed by atoms with van der Waals surface area (Å²) >= 11 is 0. The first kappa shape index (κ1) is 14.9. The number of hydrogen-bond donors (Lipinski definition) is 1. The lowest BCUT2D eigenvalue weighted by atomic mass is 10.00. The largest absolute Gasteiger partial charge is 0.380 e. The van der Waals surface area contributed by atoms with E-state index < -0.39 is 0 Å². The maximum absolute atomic E-state index is 5.94. The molecule has 4 nitrogen and oxygen atoms in total. The highest BCUT2D eigenvalue weighted by molar-refractivity contribution is 4.90. The van der Waals surface area contributed by atoms with Gasteiger partial charge in [-0.15, -0.1) is 0 Å². The van der Waals surface area contributed by atoms with Crippen LogP contribution in [0.5, 0.6) is 0 Å². The maximum Gasteiger partial charge on any atom is 0.0659 e. The summed E-state index contributed by atoms with van der Waals surface area (Å²) in [6, 6.07) is 0.646. The monoisotopic (exact) mass is 243 g/mol. The van der Waals surface area contributed by atoms with Crippen molar-refractivity contribution in [2.75, 3.05) is 45.9 Å². The molecule has 1 rings (SSSR count). The molecule has 4 heteroatoms. The van der Waals surface area contributed by atoms with Crippen LogP contribution < -0.4 is 5.73 Å². The third-order valence-corrected chi connectivity index (χ3v) is 3.86. The first-order chi connectivity index (χ1) is 8.03. The average molecular weight is 243 g/mol. The highest BCUT2D eigenvalue weighted by Crippen LogP contribution is 2.18. The van der Waals surface area contributed by atoms with Crippen molar-refractivity contribution in [3.63, 3.8) is 0 Å². The molecule has 17 heavy (non-hydrogen) atoms. The lowest BCUT2D eigenvalue weighted by Gasteiger charge is -2.46. The van der Waals surface area contributed by atoms with Crippen LogP contribution in [0.1, 0.15) is 27.7 Å². The van der Waals surface area contributed by atoms with E-state index in [-0.39, 0.29) is 5.54 Å². The molecule has 1 aliphatic rings. The molecule has 0 aromatic heterocycles. The standard InChI is InChI=1S/C13H29N3O/c1-5-17-11-13(4,10-14)16-8-6-15(7-9-16)12(2)3/h12H,5-11,14H2,1-4H3. The molecule has 1 heterocycles. The van der Waals surface area contributed by atoms with Crippen molar-refractivity contribution in [2.45, 2.75) is 39.3 Å². The van der Waals surface area contributed by atoms with Gasteiger partial charge in [0.2, 0.25) is 0 Å². The number of ether oxygens (including phenoxy) is 1. The van der Waals surface area contributed by atoms with Crippen LogP contribution in [0.15, 0.2) is 0 Å². The van der Waals surface area contributed by atoms with Crippen LogP contribution in [-0.2, 0) is 4.74 Å². The Hall–Kier alpha value is -0.160. The lowest BCUT2D eigenvalue weighted by molar-refractivity contribution is -0.0191. The van der Waals surface area contributed by atoms with E-state index in [1.165, 1.54) is 0 Å². The Labute approximate surface area is 106 Å². The van der Waals surface area contributed by atoms with E-state index in [9.17, 15) is 0 Å². The van der Waals surface area contributed by atoms with Gasteiger partial charge >= 0.3 is 0 Å². The van der Waals surface area contributed by atoms with Crippen LogP contribution in [0.4, 0.5) is 0 Å². The SMILES string of the molecule is CCOCC(C)(CN)N1CCN(C(C)C)CC1. The number of nitrogens with zero attached hydrogens (tertiary/aromatic N) is 2. The van der Waals surface area contributed by atoms with E-state index in [1.54, 1.807) is 0 Å². The summed E-state index contributed by atoms with van der Waals surface area (Å²) in [5.74, 6) is 0. The molecule has 0 saturated carbocycles. The molecule has 1 saturated heterocycles. The normalized spacial score (nSPS) is 22.9. The van der Waals surface area contributed by atoms with Gasteiger partial charge in [-0.1, -0.05) is 0 Å². The van der Waals surface area contributed by atoms with Gasteiger partial charge in [0.1, 0.15) is 0 Å².